The first-order chi connectivity index (χ1) is 6.27. The van der Waals surface area contributed by atoms with Crippen molar-refractivity contribution in [2.75, 3.05) is 6.61 Å². The number of benzene rings is 1. The molecule has 1 aliphatic rings. The first-order valence-corrected chi connectivity index (χ1v) is 5.22. The fraction of sp³-hybridized carbons (Fsp3) is 0.400. The van der Waals surface area contributed by atoms with Gasteiger partial charge in [0.15, 0.2) is 0 Å². The third-order valence-electron chi connectivity index (χ3n) is 2.27. The van der Waals surface area contributed by atoms with Gasteiger partial charge in [0.1, 0.15) is 5.75 Å². The van der Waals surface area contributed by atoms with Crippen molar-refractivity contribution in [3.05, 3.63) is 28.2 Å². The number of halogens is 1. The summed E-state index contributed by atoms with van der Waals surface area (Å²) in [6.45, 7) is 0.719. The van der Waals surface area contributed by atoms with Gasteiger partial charge in [0.2, 0.25) is 0 Å². The number of ether oxygens (including phenoxy) is 1. The van der Waals surface area contributed by atoms with Gasteiger partial charge in [-0.15, -0.1) is 0 Å². The second-order valence-electron chi connectivity index (χ2n) is 3.33. The Balaban J connectivity index is 2.39. The molecule has 0 aliphatic carbocycles. The lowest BCUT2D eigenvalue weighted by atomic mass is 10.1. The van der Waals surface area contributed by atoms with Crippen molar-refractivity contribution in [3.63, 3.8) is 0 Å². The van der Waals surface area contributed by atoms with Crippen molar-refractivity contribution in [2.45, 2.75) is 18.9 Å². The van der Waals surface area contributed by atoms with Crippen molar-refractivity contribution in [1.82, 2.24) is 0 Å². The maximum Gasteiger partial charge on any atom is 0.136 e. The average Bonchev–Trinajstić information content (AvgIpc) is 2.27. The van der Waals surface area contributed by atoms with E-state index in [1.807, 2.05) is 12.1 Å². The molecule has 1 aromatic rings. The summed E-state index contributed by atoms with van der Waals surface area (Å²) >= 11 is 3.47. The van der Waals surface area contributed by atoms with E-state index < -0.39 is 0 Å². The van der Waals surface area contributed by atoms with E-state index in [1.165, 1.54) is 5.56 Å². The molecule has 0 amide bonds. The first-order valence-electron chi connectivity index (χ1n) is 4.43. The first kappa shape index (κ1) is 9.03. The summed E-state index contributed by atoms with van der Waals surface area (Å²) in [6, 6.07) is 6.32. The van der Waals surface area contributed by atoms with Gasteiger partial charge >= 0.3 is 0 Å². The zero-order valence-electron chi connectivity index (χ0n) is 7.29. The van der Waals surface area contributed by atoms with Gasteiger partial charge in [-0.25, -0.2) is 0 Å². The van der Waals surface area contributed by atoms with E-state index in [9.17, 15) is 0 Å². The van der Waals surface area contributed by atoms with Crippen LogP contribution in [0.1, 0.15) is 12.0 Å². The van der Waals surface area contributed by atoms with Crippen LogP contribution in [0, 0.1) is 0 Å². The van der Waals surface area contributed by atoms with Crippen LogP contribution in [0.4, 0.5) is 0 Å². The molecule has 0 saturated carbocycles. The summed E-state index contributed by atoms with van der Waals surface area (Å²) in [5.41, 5.74) is 7.11. The number of nitrogens with two attached hydrogens (primary N) is 1. The van der Waals surface area contributed by atoms with Crippen LogP contribution >= 0.6 is 15.9 Å². The van der Waals surface area contributed by atoms with E-state index in [2.05, 4.69) is 22.0 Å². The Labute approximate surface area is 86.2 Å². The van der Waals surface area contributed by atoms with E-state index in [-0.39, 0.29) is 6.04 Å². The minimum Gasteiger partial charge on any atom is -0.492 e. The summed E-state index contributed by atoms with van der Waals surface area (Å²) in [5.74, 6) is 0.968. The van der Waals surface area contributed by atoms with E-state index in [0.717, 1.165) is 29.7 Å². The normalized spacial score (nSPS) is 21.5. The molecule has 2 rings (SSSR count). The van der Waals surface area contributed by atoms with Crippen LogP contribution in [0.5, 0.6) is 5.75 Å². The molecule has 1 heterocycles. The van der Waals surface area contributed by atoms with Gasteiger partial charge in [-0.3, -0.25) is 0 Å². The van der Waals surface area contributed by atoms with E-state index >= 15 is 0 Å². The second kappa shape index (κ2) is 3.68. The maximum absolute atomic E-state index is 5.90. The highest BCUT2D eigenvalue weighted by molar-refractivity contribution is 9.10. The molecule has 1 aliphatic heterocycles. The summed E-state index contributed by atoms with van der Waals surface area (Å²) in [7, 11) is 0. The molecule has 1 aromatic carbocycles. The SMILES string of the molecule is NC1CCOc2c(Br)cccc2C1. The molecule has 0 bridgehead atoms. The number of fused-ring (bicyclic) bond motifs is 1. The fourth-order valence-electron chi connectivity index (χ4n) is 1.57. The number of para-hydroxylation sites is 1. The quantitative estimate of drug-likeness (QED) is 0.756. The van der Waals surface area contributed by atoms with Gasteiger partial charge in [0, 0.05) is 6.04 Å². The molecule has 70 valence electrons. The Morgan fingerprint density at radius 3 is 3.15 bits per heavy atom. The molecule has 1 atom stereocenters. The molecular weight excluding hydrogens is 230 g/mol. The molecule has 0 aromatic heterocycles. The maximum atomic E-state index is 5.90. The van der Waals surface area contributed by atoms with Gasteiger partial charge in [-0.1, -0.05) is 12.1 Å². The zero-order chi connectivity index (χ0) is 9.26. The lowest BCUT2D eigenvalue weighted by molar-refractivity contribution is 0.308. The van der Waals surface area contributed by atoms with Crippen molar-refractivity contribution in [1.29, 1.82) is 0 Å². The molecule has 1 unspecified atom stereocenters. The third kappa shape index (κ3) is 1.86. The molecule has 0 saturated heterocycles. The summed E-state index contributed by atoms with van der Waals surface area (Å²) < 4.78 is 6.65. The van der Waals surface area contributed by atoms with Gasteiger partial charge in [-0.05, 0) is 40.4 Å². The molecule has 13 heavy (non-hydrogen) atoms. The van der Waals surface area contributed by atoms with E-state index in [1.54, 1.807) is 0 Å². The molecule has 2 N–H and O–H groups in total. The fourth-order valence-corrected chi connectivity index (χ4v) is 2.09. The molecule has 0 radical (unpaired) electrons. The largest absolute Gasteiger partial charge is 0.492 e. The third-order valence-corrected chi connectivity index (χ3v) is 2.89. The molecule has 3 heteroatoms. The lowest BCUT2D eigenvalue weighted by Crippen LogP contribution is -2.22. The van der Waals surface area contributed by atoms with Gasteiger partial charge in [0.05, 0.1) is 11.1 Å². The van der Waals surface area contributed by atoms with Gasteiger partial charge in [0.25, 0.3) is 0 Å². The number of rotatable bonds is 0. The minimum atomic E-state index is 0.232. The van der Waals surface area contributed by atoms with E-state index in [4.69, 9.17) is 10.5 Å². The van der Waals surface area contributed by atoms with Crippen molar-refractivity contribution in [3.8, 4) is 5.75 Å². The second-order valence-corrected chi connectivity index (χ2v) is 4.18. The highest BCUT2D eigenvalue weighted by atomic mass is 79.9. The predicted octanol–water partition coefficient (Wildman–Crippen LogP) is 2.10. The molecule has 0 spiro atoms. The van der Waals surface area contributed by atoms with Crippen molar-refractivity contribution in [2.24, 2.45) is 5.73 Å². The Kier molecular flexibility index (Phi) is 2.56. The van der Waals surface area contributed by atoms with Crippen molar-refractivity contribution < 1.29 is 4.74 Å². The molecule has 0 fully saturated rings. The van der Waals surface area contributed by atoms with Crippen LogP contribution in [0.25, 0.3) is 0 Å². The van der Waals surface area contributed by atoms with Crippen molar-refractivity contribution >= 4 is 15.9 Å². The molecular formula is C10H12BrNO. The summed E-state index contributed by atoms with van der Waals surface area (Å²) in [6.07, 6.45) is 1.84. The standard InChI is InChI=1S/C10H12BrNO/c11-9-3-1-2-7-6-8(12)4-5-13-10(7)9/h1-3,8H,4-6,12H2. The van der Waals surface area contributed by atoms with Crippen LogP contribution in [0.3, 0.4) is 0 Å². The average molecular weight is 242 g/mol. The summed E-state index contributed by atoms with van der Waals surface area (Å²) in [5, 5.41) is 0. The van der Waals surface area contributed by atoms with E-state index in [0.29, 0.717) is 0 Å². The monoisotopic (exact) mass is 241 g/mol. The molecule has 2 nitrogen and oxygen atoms in total. The van der Waals surface area contributed by atoms with Gasteiger partial charge < -0.3 is 10.5 Å². The highest BCUT2D eigenvalue weighted by Crippen LogP contribution is 2.31. The van der Waals surface area contributed by atoms with Crippen LogP contribution < -0.4 is 10.5 Å². The highest BCUT2D eigenvalue weighted by Gasteiger charge is 2.15. The minimum absolute atomic E-state index is 0.232. The predicted molar refractivity (Wildman–Crippen MR) is 55.9 cm³/mol. The van der Waals surface area contributed by atoms with Crippen LogP contribution in [0.15, 0.2) is 22.7 Å². The lowest BCUT2D eigenvalue weighted by Gasteiger charge is -2.08. The van der Waals surface area contributed by atoms with Crippen LogP contribution in [-0.4, -0.2) is 12.6 Å². The number of hydrogen-bond donors (Lipinski definition) is 1. The Morgan fingerprint density at radius 2 is 2.31 bits per heavy atom. The Hall–Kier alpha value is -0.540. The number of hydrogen-bond acceptors (Lipinski definition) is 2. The van der Waals surface area contributed by atoms with Crippen LogP contribution in [-0.2, 0) is 6.42 Å². The van der Waals surface area contributed by atoms with Crippen LogP contribution in [0.2, 0.25) is 0 Å². The Bertz CT molecular complexity index is 314. The zero-order valence-corrected chi connectivity index (χ0v) is 8.88. The topological polar surface area (TPSA) is 35.2 Å². The van der Waals surface area contributed by atoms with Gasteiger partial charge in [-0.2, -0.15) is 0 Å². The Morgan fingerprint density at radius 1 is 1.46 bits per heavy atom. The smallest absolute Gasteiger partial charge is 0.136 e. The summed E-state index contributed by atoms with van der Waals surface area (Å²) in [4.78, 5) is 0.